The van der Waals surface area contributed by atoms with Crippen molar-refractivity contribution in [2.45, 2.75) is 33.3 Å². The summed E-state index contributed by atoms with van der Waals surface area (Å²) in [5.74, 6) is 0. The molecule has 0 spiro atoms. The second kappa shape index (κ2) is 6.66. The lowest BCUT2D eigenvalue weighted by Gasteiger charge is -2.20. The average molecular weight is 433 g/mol. The maximum Gasteiger partial charge on any atom is 0.419 e. The summed E-state index contributed by atoms with van der Waals surface area (Å²) in [7, 11) is 0. The first kappa shape index (κ1) is 18.0. The number of benzene rings is 1. The van der Waals surface area contributed by atoms with Gasteiger partial charge in [-0.3, -0.25) is 0 Å². The number of carbonyl (C=O) groups is 1. The molecule has 0 fully saturated rings. The fourth-order valence-corrected chi connectivity index (χ4v) is 3.29. The number of aromatic nitrogens is 1. The van der Waals surface area contributed by atoms with E-state index < -0.39 is 11.7 Å². The standard InChI is InChI=1S/C18H16IN3O2/c1-11-15(12-6-8-13(21-5)9-7-12)14(10-20)16(19)22(11)17(23)24-18(2,3)4/h6-9H,1-4H3. The van der Waals surface area contributed by atoms with Gasteiger partial charge in [0, 0.05) is 11.3 Å². The van der Waals surface area contributed by atoms with Crippen LogP contribution in [-0.2, 0) is 4.74 Å². The van der Waals surface area contributed by atoms with Crippen molar-refractivity contribution in [2.24, 2.45) is 0 Å². The Labute approximate surface area is 154 Å². The van der Waals surface area contributed by atoms with E-state index in [0.29, 0.717) is 26.2 Å². The molecule has 5 nitrogen and oxygen atoms in total. The Hall–Kier alpha value is -2.32. The number of hydrogen-bond acceptors (Lipinski definition) is 3. The first-order valence-electron chi connectivity index (χ1n) is 7.21. The Bertz CT molecular complexity index is 875. The fourth-order valence-electron chi connectivity index (χ4n) is 2.34. The van der Waals surface area contributed by atoms with Gasteiger partial charge in [0.2, 0.25) is 0 Å². The van der Waals surface area contributed by atoms with Gasteiger partial charge in [0.15, 0.2) is 5.69 Å². The second-order valence-electron chi connectivity index (χ2n) is 6.21. The van der Waals surface area contributed by atoms with Crippen LogP contribution in [-0.4, -0.2) is 16.3 Å². The second-order valence-corrected chi connectivity index (χ2v) is 7.23. The zero-order valence-electron chi connectivity index (χ0n) is 13.8. The van der Waals surface area contributed by atoms with Crippen LogP contribution in [0, 0.1) is 28.5 Å². The molecule has 122 valence electrons. The van der Waals surface area contributed by atoms with Crippen LogP contribution >= 0.6 is 22.6 Å². The number of halogens is 1. The molecule has 0 unspecified atom stereocenters. The van der Waals surface area contributed by atoms with Crippen LogP contribution < -0.4 is 0 Å². The van der Waals surface area contributed by atoms with Crippen LogP contribution in [0.5, 0.6) is 0 Å². The van der Waals surface area contributed by atoms with Gasteiger partial charge in [0.05, 0.1) is 12.1 Å². The van der Waals surface area contributed by atoms with Crippen LogP contribution in [0.2, 0.25) is 0 Å². The molecule has 2 rings (SSSR count). The van der Waals surface area contributed by atoms with Crippen LogP contribution in [0.25, 0.3) is 16.0 Å². The minimum absolute atomic E-state index is 0.425. The summed E-state index contributed by atoms with van der Waals surface area (Å²) in [6.07, 6.45) is -0.509. The van der Waals surface area contributed by atoms with E-state index in [1.54, 1.807) is 52.0 Å². The van der Waals surface area contributed by atoms with Crippen molar-refractivity contribution >= 4 is 34.4 Å². The Kier molecular flexibility index (Phi) is 5.00. The molecule has 0 amide bonds. The predicted octanol–water partition coefficient (Wildman–Crippen LogP) is 5.27. The van der Waals surface area contributed by atoms with Gasteiger partial charge in [-0.2, -0.15) is 5.26 Å². The molecule has 0 saturated carbocycles. The van der Waals surface area contributed by atoms with Gasteiger partial charge < -0.3 is 4.74 Å². The van der Waals surface area contributed by atoms with E-state index in [1.807, 2.05) is 22.6 Å². The zero-order valence-corrected chi connectivity index (χ0v) is 16.0. The molecule has 0 atom stereocenters. The minimum atomic E-state index is -0.624. The van der Waals surface area contributed by atoms with Gasteiger partial charge in [-0.1, -0.05) is 24.3 Å². The highest BCUT2D eigenvalue weighted by Crippen LogP contribution is 2.34. The fraction of sp³-hybridized carbons (Fsp3) is 0.278. The van der Waals surface area contributed by atoms with Crippen LogP contribution in [0.1, 0.15) is 32.0 Å². The number of hydrogen-bond donors (Lipinski definition) is 0. The molecular formula is C18H16IN3O2. The van der Waals surface area contributed by atoms with E-state index >= 15 is 0 Å². The van der Waals surface area contributed by atoms with Gasteiger partial charge in [0.25, 0.3) is 0 Å². The molecule has 1 heterocycles. The quantitative estimate of drug-likeness (QED) is 0.455. The van der Waals surface area contributed by atoms with Gasteiger partial charge in [-0.15, -0.1) is 0 Å². The number of nitrogens with zero attached hydrogens (tertiary/aromatic N) is 3. The van der Waals surface area contributed by atoms with Crippen molar-refractivity contribution in [3.05, 3.63) is 50.6 Å². The Morgan fingerprint density at radius 3 is 2.38 bits per heavy atom. The Morgan fingerprint density at radius 1 is 1.33 bits per heavy atom. The third kappa shape index (κ3) is 3.44. The van der Waals surface area contributed by atoms with Gasteiger partial charge in [-0.05, 0) is 55.8 Å². The smallest absolute Gasteiger partial charge is 0.419 e. The van der Waals surface area contributed by atoms with Crippen LogP contribution in [0.15, 0.2) is 24.3 Å². The number of ether oxygens (including phenoxy) is 1. The molecule has 24 heavy (non-hydrogen) atoms. The highest BCUT2D eigenvalue weighted by molar-refractivity contribution is 14.1. The van der Waals surface area contributed by atoms with Crippen molar-refractivity contribution in [1.29, 1.82) is 5.26 Å². The number of rotatable bonds is 1. The molecule has 2 aromatic rings. The predicted molar refractivity (Wildman–Crippen MR) is 99.9 cm³/mol. The largest absolute Gasteiger partial charge is 0.443 e. The number of carbonyl (C=O) groups excluding carboxylic acids is 1. The van der Waals surface area contributed by atoms with Crippen molar-refractivity contribution in [1.82, 2.24) is 4.57 Å². The molecule has 6 heteroatoms. The molecule has 0 aliphatic carbocycles. The van der Waals surface area contributed by atoms with Crippen molar-refractivity contribution in [3.63, 3.8) is 0 Å². The summed E-state index contributed by atoms with van der Waals surface area (Å²) in [6.45, 7) is 14.2. The molecule has 0 saturated heterocycles. The molecule has 0 aliphatic rings. The van der Waals surface area contributed by atoms with E-state index in [9.17, 15) is 10.1 Å². The Morgan fingerprint density at radius 2 is 1.92 bits per heavy atom. The molecule has 0 bridgehead atoms. The lowest BCUT2D eigenvalue weighted by molar-refractivity contribution is 0.0530. The average Bonchev–Trinajstić information content (AvgIpc) is 2.76. The van der Waals surface area contributed by atoms with E-state index in [-0.39, 0.29) is 0 Å². The molecular weight excluding hydrogens is 417 g/mol. The van der Waals surface area contributed by atoms with Crippen LogP contribution in [0.3, 0.4) is 0 Å². The summed E-state index contributed by atoms with van der Waals surface area (Å²) < 4.78 is 7.38. The van der Waals surface area contributed by atoms with Crippen LogP contribution in [0.4, 0.5) is 10.5 Å². The molecule has 0 N–H and O–H groups in total. The van der Waals surface area contributed by atoms with E-state index in [1.165, 1.54) is 4.57 Å². The minimum Gasteiger partial charge on any atom is -0.443 e. The van der Waals surface area contributed by atoms with Crippen molar-refractivity contribution in [2.75, 3.05) is 0 Å². The highest BCUT2D eigenvalue weighted by atomic mass is 127. The molecule has 1 aromatic heterocycles. The summed E-state index contributed by atoms with van der Waals surface area (Å²) >= 11 is 1.99. The molecule has 0 aliphatic heterocycles. The van der Waals surface area contributed by atoms with Gasteiger partial charge in [-0.25, -0.2) is 14.2 Å². The Balaban J connectivity index is 2.62. The molecule has 1 aromatic carbocycles. The van der Waals surface area contributed by atoms with Gasteiger partial charge >= 0.3 is 6.09 Å². The zero-order chi connectivity index (χ0) is 18.1. The van der Waals surface area contributed by atoms with E-state index in [2.05, 4.69) is 10.9 Å². The maximum atomic E-state index is 12.5. The monoisotopic (exact) mass is 433 g/mol. The summed E-state index contributed by atoms with van der Waals surface area (Å²) in [5.41, 5.74) is 2.44. The lowest BCUT2D eigenvalue weighted by atomic mass is 10.0. The lowest BCUT2D eigenvalue weighted by Crippen LogP contribution is -2.28. The highest BCUT2D eigenvalue weighted by Gasteiger charge is 2.27. The number of nitriles is 1. The summed E-state index contributed by atoms with van der Waals surface area (Å²) in [6, 6.07) is 9.13. The van der Waals surface area contributed by atoms with Crippen molar-refractivity contribution in [3.8, 4) is 17.2 Å². The van der Waals surface area contributed by atoms with Crippen molar-refractivity contribution < 1.29 is 9.53 Å². The third-order valence-corrected chi connectivity index (χ3v) is 4.34. The summed E-state index contributed by atoms with van der Waals surface area (Å²) in [5, 5.41) is 9.54. The first-order chi connectivity index (χ1) is 11.2. The normalized spacial score (nSPS) is 10.8. The summed E-state index contributed by atoms with van der Waals surface area (Å²) in [4.78, 5) is 15.9. The molecule has 0 radical (unpaired) electrons. The topological polar surface area (TPSA) is 59.4 Å². The van der Waals surface area contributed by atoms with E-state index in [0.717, 1.165) is 5.56 Å². The third-order valence-electron chi connectivity index (χ3n) is 3.32. The maximum absolute atomic E-state index is 12.5. The van der Waals surface area contributed by atoms with Gasteiger partial charge in [0.1, 0.15) is 15.4 Å². The first-order valence-corrected chi connectivity index (χ1v) is 8.29. The SMILES string of the molecule is [C-]#[N+]c1ccc(-c2c(C#N)c(I)n(C(=O)OC(C)(C)C)c2C)cc1. The van der Waals surface area contributed by atoms with E-state index in [4.69, 9.17) is 11.3 Å².